The van der Waals surface area contributed by atoms with Crippen molar-refractivity contribution in [2.45, 2.75) is 11.1 Å². The number of aliphatic carboxylic acids is 1. The summed E-state index contributed by atoms with van der Waals surface area (Å²) in [6.45, 7) is 0. The molecule has 0 bridgehead atoms. The number of hydrogen-bond acceptors (Lipinski definition) is 7. The van der Waals surface area contributed by atoms with Gasteiger partial charge in [-0.15, -0.1) is 11.8 Å². The standard InChI is InChI=1S/C8H9N5O3S/c9-4(8(14)15)1-17-7-5-6(11-2-10-5)13(16)3-12-7/h2-4,16H,1,9H2,(H,14,15)/t4-/m0/s1. The molecule has 0 radical (unpaired) electrons. The van der Waals surface area contributed by atoms with Crippen LogP contribution in [0.2, 0.25) is 0 Å². The first-order valence-corrected chi connectivity index (χ1v) is 5.56. The molecule has 0 fully saturated rings. The van der Waals surface area contributed by atoms with Crippen LogP contribution in [0, 0.1) is 0 Å². The summed E-state index contributed by atoms with van der Waals surface area (Å²) in [5, 5.41) is 18.5. The van der Waals surface area contributed by atoms with Crippen LogP contribution in [0.25, 0.3) is 11.5 Å². The molecule has 0 saturated carbocycles. The van der Waals surface area contributed by atoms with Crippen molar-refractivity contribution in [3.63, 3.8) is 0 Å². The third-order valence-corrected chi connectivity index (χ3v) is 3.10. The van der Waals surface area contributed by atoms with Gasteiger partial charge in [0.1, 0.15) is 29.4 Å². The molecule has 0 amide bonds. The smallest absolute Gasteiger partial charge is 0.321 e. The summed E-state index contributed by atoms with van der Waals surface area (Å²) in [7, 11) is 0. The van der Waals surface area contributed by atoms with Crippen molar-refractivity contribution in [2.75, 3.05) is 5.75 Å². The topological polar surface area (TPSA) is 127 Å². The van der Waals surface area contributed by atoms with E-state index in [4.69, 9.17) is 10.8 Å². The molecule has 8 nitrogen and oxygen atoms in total. The molecule has 0 spiro atoms. The number of imidazole rings is 1. The van der Waals surface area contributed by atoms with Crippen molar-refractivity contribution in [1.29, 1.82) is 0 Å². The number of aromatic nitrogens is 4. The first kappa shape index (κ1) is 11.6. The molecule has 90 valence electrons. The van der Waals surface area contributed by atoms with E-state index in [1.165, 1.54) is 12.7 Å². The van der Waals surface area contributed by atoms with E-state index in [0.717, 1.165) is 16.5 Å². The van der Waals surface area contributed by atoms with E-state index in [1.807, 2.05) is 0 Å². The Kier molecular flexibility index (Phi) is 3.11. The van der Waals surface area contributed by atoms with Gasteiger partial charge in [0.05, 0.1) is 0 Å². The maximum Gasteiger partial charge on any atom is 0.321 e. The van der Waals surface area contributed by atoms with Crippen LogP contribution in [0.5, 0.6) is 0 Å². The Bertz CT molecular complexity index is 516. The quantitative estimate of drug-likeness (QED) is 0.379. The lowest BCUT2D eigenvalue weighted by atomic mass is 10.4. The highest BCUT2D eigenvalue weighted by Crippen LogP contribution is 2.27. The minimum Gasteiger partial charge on any atom is -0.480 e. The second-order valence-corrected chi connectivity index (χ2v) is 4.20. The van der Waals surface area contributed by atoms with E-state index in [0.29, 0.717) is 10.7 Å². The average molecular weight is 255 g/mol. The summed E-state index contributed by atoms with van der Waals surface area (Å²) in [6.07, 6.45) is 2.46. The van der Waals surface area contributed by atoms with Gasteiger partial charge in [-0.25, -0.2) is 15.0 Å². The number of carboxylic acid groups (broad SMARTS) is 1. The van der Waals surface area contributed by atoms with Gasteiger partial charge < -0.3 is 16.0 Å². The lowest BCUT2D eigenvalue weighted by molar-refractivity contribution is -0.137. The lowest BCUT2D eigenvalue weighted by Crippen LogP contribution is -2.32. The fraction of sp³-hybridized carbons (Fsp3) is 0.250. The summed E-state index contributed by atoms with van der Waals surface area (Å²) in [5.41, 5.74) is 5.79. The van der Waals surface area contributed by atoms with Crippen LogP contribution in [0.3, 0.4) is 0 Å². The van der Waals surface area contributed by atoms with Crippen LogP contribution < -0.4 is 5.73 Å². The van der Waals surface area contributed by atoms with Crippen molar-refractivity contribution in [3.05, 3.63) is 12.7 Å². The fourth-order valence-electron chi connectivity index (χ4n) is 1.15. The highest BCUT2D eigenvalue weighted by molar-refractivity contribution is 7.99. The molecule has 0 aromatic rings. The van der Waals surface area contributed by atoms with Gasteiger partial charge in [-0.1, -0.05) is 0 Å². The molecule has 0 unspecified atom stereocenters. The Morgan fingerprint density at radius 1 is 1.53 bits per heavy atom. The molecule has 9 heteroatoms. The SMILES string of the molecule is N[C@@H](CSc1ncn(O)c2ncnc1-2)C(=O)O. The average Bonchev–Trinajstić information content (AvgIpc) is 2.77. The maximum absolute atomic E-state index is 10.6. The third-order valence-electron chi connectivity index (χ3n) is 2.00. The largest absolute Gasteiger partial charge is 0.480 e. The Labute approximate surface area is 99.8 Å². The molecule has 2 aliphatic rings. The minimum atomic E-state index is -1.07. The first-order chi connectivity index (χ1) is 8.09. The molecule has 0 aromatic carbocycles. The number of nitrogens with two attached hydrogens (primary N) is 1. The van der Waals surface area contributed by atoms with Crippen molar-refractivity contribution in [1.82, 2.24) is 19.7 Å². The van der Waals surface area contributed by atoms with Gasteiger partial charge in [0, 0.05) is 5.75 Å². The Morgan fingerprint density at radius 3 is 3.00 bits per heavy atom. The molecular formula is C8H9N5O3S. The minimum absolute atomic E-state index is 0.166. The van der Waals surface area contributed by atoms with Crippen LogP contribution in [-0.2, 0) is 4.79 Å². The number of nitrogens with zero attached hydrogens (tertiary/aromatic N) is 4. The zero-order chi connectivity index (χ0) is 12.4. The molecule has 4 N–H and O–H groups in total. The van der Waals surface area contributed by atoms with Gasteiger partial charge in [0.2, 0.25) is 0 Å². The monoisotopic (exact) mass is 255 g/mol. The third kappa shape index (κ3) is 2.29. The zero-order valence-electron chi connectivity index (χ0n) is 8.52. The number of fused-ring (bicyclic) bond motifs is 1. The fourth-order valence-corrected chi connectivity index (χ4v) is 2.03. The molecule has 17 heavy (non-hydrogen) atoms. The summed E-state index contributed by atoms with van der Waals surface area (Å²) in [4.78, 5) is 22.3. The number of carboxylic acids is 1. The summed E-state index contributed by atoms with van der Waals surface area (Å²) in [6, 6.07) is -0.971. The lowest BCUT2D eigenvalue weighted by Gasteiger charge is -2.08. The molecule has 0 aliphatic carbocycles. The molecule has 0 saturated heterocycles. The molecule has 2 rings (SSSR count). The zero-order valence-corrected chi connectivity index (χ0v) is 9.33. The van der Waals surface area contributed by atoms with E-state index >= 15 is 0 Å². The van der Waals surface area contributed by atoms with Crippen molar-refractivity contribution in [2.24, 2.45) is 5.73 Å². The molecule has 1 atom stereocenters. The van der Waals surface area contributed by atoms with Gasteiger partial charge in [-0.3, -0.25) is 4.79 Å². The first-order valence-electron chi connectivity index (χ1n) is 4.58. The number of rotatable bonds is 4. The van der Waals surface area contributed by atoms with Crippen LogP contribution in [0.4, 0.5) is 0 Å². The van der Waals surface area contributed by atoms with Gasteiger partial charge in [-0.2, -0.15) is 4.73 Å². The van der Waals surface area contributed by atoms with Crippen LogP contribution in [-0.4, -0.2) is 47.8 Å². The maximum atomic E-state index is 10.6. The predicted octanol–water partition coefficient (Wildman–Crippen LogP) is -0.481. The highest BCUT2D eigenvalue weighted by atomic mass is 32.2. The molecule has 0 aromatic heterocycles. The van der Waals surface area contributed by atoms with Crippen molar-refractivity contribution >= 4 is 17.7 Å². The normalized spacial score (nSPS) is 12.8. The predicted molar refractivity (Wildman–Crippen MR) is 58.0 cm³/mol. The van der Waals surface area contributed by atoms with E-state index in [-0.39, 0.29) is 11.6 Å². The van der Waals surface area contributed by atoms with Crippen molar-refractivity contribution in [3.8, 4) is 11.5 Å². The van der Waals surface area contributed by atoms with E-state index in [2.05, 4.69) is 15.0 Å². The van der Waals surface area contributed by atoms with Gasteiger partial charge >= 0.3 is 5.97 Å². The molecular weight excluding hydrogens is 246 g/mol. The van der Waals surface area contributed by atoms with Crippen molar-refractivity contribution < 1.29 is 15.1 Å². The van der Waals surface area contributed by atoms with E-state index in [9.17, 15) is 10.0 Å². The van der Waals surface area contributed by atoms with Crippen LogP contribution in [0.15, 0.2) is 17.7 Å². The second-order valence-electron chi connectivity index (χ2n) is 3.20. The highest BCUT2D eigenvalue weighted by Gasteiger charge is 2.19. The number of carbonyl (C=O) groups is 1. The Balaban J connectivity index is 2.17. The van der Waals surface area contributed by atoms with Crippen LogP contribution in [0.1, 0.15) is 0 Å². The molecule has 2 aliphatic heterocycles. The van der Waals surface area contributed by atoms with Gasteiger partial charge in [0.25, 0.3) is 0 Å². The van der Waals surface area contributed by atoms with Gasteiger partial charge in [-0.05, 0) is 0 Å². The Hall–Kier alpha value is -1.87. The summed E-state index contributed by atoms with van der Waals surface area (Å²) in [5.74, 6) is -0.637. The number of hydrogen-bond donors (Lipinski definition) is 3. The van der Waals surface area contributed by atoms with E-state index in [1.54, 1.807) is 0 Å². The molecule has 2 heterocycles. The van der Waals surface area contributed by atoms with Gasteiger partial charge in [0.15, 0.2) is 5.82 Å². The summed E-state index contributed by atoms with van der Waals surface area (Å²) >= 11 is 1.16. The van der Waals surface area contributed by atoms with Crippen LogP contribution >= 0.6 is 11.8 Å². The Morgan fingerprint density at radius 2 is 2.29 bits per heavy atom. The summed E-state index contributed by atoms with van der Waals surface area (Å²) < 4.78 is 0.753. The number of thioether (sulfide) groups is 1. The second kappa shape index (κ2) is 4.55. The van der Waals surface area contributed by atoms with E-state index < -0.39 is 12.0 Å².